The van der Waals surface area contributed by atoms with Crippen LogP contribution < -0.4 is 5.48 Å². The van der Waals surface area contributed by atoms with E-state index in [0.717, 1.165) is 6.54 Å². The molecule has 0 saturated heterocycles. The summed E-state index contributed by atoms with van der Waals surface area (Å²) in [4.78, 5) is 5.64. The van der Waals surface area contributed by atoms with Crippen molar-refractivity contribution in [3.63, 3.8) is 0 Å². The molecule has 0 unspecified atom stereocenters. The van der Waals surface area contributed by atoms with E-state index >= 15 is 0 Å². The molecule has 2 heteroatoms. The normalized spacial score (nSPS) is 16.9. The van der Waals surface area contributed by atoms with Gasteiger partial charge in [0.05, 0.1) is 6.10 Å². The minimum Gasteiger partial charge on any atom is -0.298 e. The monoisotopic (exact) mass is 219 g/mol. The standard InChI is InChI=1S/C14H21NO/c1-11-7-12(2)9-13(8-11)10-15-16-14-5-3-4-6-14/h7-9,14-15H,3-6,10H2,1-2H3. The van der Waals surface area contributed by atoms with Crippen molar-refractivity contribution in [2.75, 3.05) is 0 Å². The van der Waals surface area contributed by atoms with Crippen LogP contribution in [0.25, 0.3) is 0 Å². The summed E-state index contributed by atoms with van der Waals surface area (Å²) in [5.74, 6) is 0. The van der Waals surface area contributed by atoms with Gasteiger partial charge < -0.3 is 0 Å². The first-order valence-electron chi connectivity index (χ1n) is 6.20. The second-order valence-corrected chi connectivity index (χ2v) is 4.84. The molecule has 0 amide bonds. The summed E-state index contributed by atoms with van der Waals surface area (Å²) in [6.07, 6.45) is 5.48. The van der Waals surface area contributed by atoms with Crippen LogP contribution in [0, 0.1) is 13.8 Å². The molecular formula is C14H21NO. The molecule has 0 aliphatic heterocycles. The van der Waals surface area contributed by atoms with Gasteiger partial charge in [-0.25, -0.2) is 0 Å². The van der Waals surface area contributed by atoms with Gasteiger partial charge in [0, 0.05) is 6.54 Å². The molecule has 16 heavy (non-hydrogen) atoms. The number of hydrogen-bond donors (Lipinski definition) is 1. The molecule has 88 valence electrons. The molecule has 0 aromatic heterocycles. The van der Waals surface area contributed by atoms with Crippen molar-refractivity contribution in [3.8, 4) is 0 Å². The fourth-order valence-electron chi connectivity index (χ4n) is 2.42. The zero-order valence-corrected chi connectivity index (χ0v) is 10.3. The van der Waals surface area contributed by atoms with Gasteiger partial charge >= 0.3 is 0 Å². The first kappa shape index (κ1) is 11.6. The summed E-state index contributed by atoms with van der Waals surface area (Å²) in [6, 6.07) is 6.61. The highest BCUT2D eigenvalue weighted by Crippen LogP contribution is 2.20. The van der Waals surface area contributed by atoms with E-state index in [4.69, 9.17) is 4.84 Å². The summed E-state index contributed by atoms with van der Waals surface area (Å²) < 4.78 is 0. The van der Waals surface area contributed by atoms with Crippen molar-refractivity contribution in [1.82, 2.24) is 5.48 Å². The molecule has 2 nitrogen and oxygen atoms in total. The third-order valence-electron chi connectivity index (χ3n) is 3.11. The van der Waals surface area contributed by atoms with Crippen LogP contribution in [-0.2, 0) is 11.4 Å². The molecule has 1 aliphatic carbocycles. The largest absolute Gasteiger partial charge is 0.298 e. The van der Waals surface area contributed by atoms with Gasteiger partial charge in [0.1, 0.15) is 0 Å². The predicted octanol–water partition coefficient (Wildman–Crippen LogP) is 3.27. The van der Waals surface area contributed by atoms with Gasteiger partial charge in [-0.1, -0.05) is 42.2 Å². The Morgan fingerprint density at radius 3 is 2.38 bits per heavy atom. The van der Waals surface area contributed by atoms with E-state index in [-0.39, 0.29) is 0 Å². The average molecular weight is 219 g/mol. The second kappa shape index (κ2) is 5.46. The lowest BCUT2D eigenvalue weighted by molar-refractivity contribution is -0.0244. The van der Waals surface area contributed by atoms with Gasteiger partial charge in [0.15, 0.2) is 0 Å². The molecule has 1 N–H and O–H groups in total. The molecule has 0 bridgehead atoms. The third-order valence-corrected chi connectivity index (χ3v) is 3.11. The highest BCUT2D eigenvalue weighted by atomic mass is 16.7. The van der Waals surface area contributed by atoms with E-state index in [1.165, 1.54) is 42.4 Å². The Morgan fingerprint density at radius 1 is 1.12 bits per heavy atom. The van der Waals surface area contributed by atoms with Gasteiger partial charge in [-0.2, -0.15) is 5.48 Å². The minimum atomic E-state index is 0.436. The van der Waals surface area contributed by atoms with Gasteiger partial charge in [-0.05, 0) is 32.3 Å². The van der Waals surface area contributed by atoms with Crippen LogP contribution in [0.2, 0.25) is 0 Å². The van der Waals surface area contributed by atoms with Crippen LogP contribution in [-0.4, -0.2) is 6.10 Å². The van der Waals surface area contributed by atoms with Crippen LogP contribution in [0.1, 0.15) is 42.4 Å². The highest BCUT2D eigenvalue weighted by Gasteiger charge is 2.15. The van der Waals surface area contributed by atoms with E-state index in [1.54, 1.807) is 0 Å². The number of hydrogen-bond acceptors (Lipinski definition) is 2. The van der Waals surface area contributed by atoms with E-state index in [9.17, 15) is 0 Å². The molecule has 0 spiro atoms. The van der Waals surface area contributed by atoms with Crippen molar-refractivity contribution in [2.45, 2.75) is 52.2 Å². The van der Waals surface area contributed by atoms with Crippen molar-refractivity contribution in [2.24, 2.45) is 0 Å². The van der Waals surface area contributed by atoms with Gasteiger partial charge in [0.2, 0.25) is 0 Å². The molecule has 1 fully saturated rings. The molecule has 2 rings (SSSR count). The maximum atomic E-state index is 5.64. The Hall–Kier alpha value is -0.860. The number of aryl methyl sites for hydroxylation is 2. The van der Waals surface area contributed by atoms with Crippen LogP contribution >= 0.6 is 0 Å². The zero-order valence-electron chi connectivity index (χ0n) is 10.3. The van der Waals surface area contributed by atoms with Crippen molar-refractivity contribution in [1.29, 1.82) is 0 Å². The van der Waals surface area contributed by atoms with E-state index < -0.39 is 0 Å². The topological polar surface area (TPSA) is 21.3 Å². The number of hydroxylamine groups is 1. The summed E-state index contributed by atoms with van der Waals surface area (Å²) in [5, 5.41) is 0. The van der Waals surface area contributed by atoms with Gasteiger partial charge in [-0.15, -0.1) is 0 Å². The smallest absolute Gasteiger partial charge is 0.0790 e. The molecule has 0 atom stereocenters. The summed E-state index contributed by atoms with van der Waals surface area (Å²) in [5.41, 5.74) is 7.03. The Balaban J connectivity index is 1.80. The van der Waals surface area contributed by atoms with E-state index in [2.05, 4.69) is 37.5 Å². The maximum absolute atomic E-state index is 5.64. The Labute approximate surface area is 98.0 Å². The Morgan fingerprint density at radius 2 is 1.75 bits per heavy atom. The molecule has 1 saturated carbocycles. The van der Waals surface area contributed by atoms with Gasteiger partial charge in [0.25, 0.3) is 0 Å². The molecular weight excluding hydrogens is 198 g/mol. The summed E-state index contributed by atoms with van der Waals surface area (Å²) in [7, 11) is 0. The lowest BCUT2D eigenvalue weighted by Crippen LogP contribution is -2.21. The summed E-state index contributed by atoms with van der Waals surface area (Å²) >= 11 is 0. The lowest BCUT2D eigenvalue weighted by atomic mass is 10.1. The molecule has 0 radical (unpaired) electrons. The SMILES string of the molecule is Cc1cc(C)cc(CNOC2CCCC2)c1. The molecule has 1 aliphatic rings. The average Bonchev–Trinajstić information content (AvgIpc) is 2.69. The lowest BCUT2D eigenvalue weighted by Gasteiger charge is -2.12. The van der Waals surface area contributed by atoms with Crippen molar-refractivity contribution in [3.05, 3.63) is 34.9 Å². The number of benzene rings is 1. The van der Waals surface area contributed by atoms with Crippen LogP contribution in [0.4, 0.5) is 0 Å². The highest BCUT2D eigenvalue weighted by molar-refractivity contribution is 5.28. The third kappa shape index (κ3) is 3.32. The van der Waals surface area contributed by atoms with Crippen LogP contribution in [0.3, 0.4) is 0 Å². The van der Waals surface area contributed by atoms with Gasteiger partial charge in [-0.3, -0.25) is 4.84 Å². The molecule has 1 aromatic rings. The van der Waals surface area contributed by atoms with E-state index in [1.807, 2.05) is 0 Å². The van der Waals surface area contributed by atoms with Crippen molar-refractivity contribution < 1.29 is 4.84 Å². The predicted molar refractivity (Wildman–Crippen MR) is 66.1 cm³/mol. The maximum Gasteiger partial charge on any atom is 0.0790 e. The van der Waals surface area contributed by atoms with Crippen molar-refractivity contribution >= 4 is 0 Å². The Bertz CT molecular complexity index is 322. The quantitative estimate of drug-likeness (QED) is 0.785. The van der Waals surface area contributed by atoms with E-state index in [0.29, 0.717) is 6.10 Å². The van der Waals surface area contributed by atoms with Crippen LogP contribution in [0.15, 0.2) is 18.2 Å². The second-order valence-electron chi connectivity index (χ2n) is 4.84. The molecule has 1 aromatic carbocycles. The summed E-state index contributed by atoms with van der Waals surface area (Å²) in [6.45, 7) is 5.07. The molecule has 0 heterocycles. The number of rotatable bonds is 4. The fourth-order valence-corrected chi connectivity index (χ4v) is 2.42. The first-order chi connectivity index (χ1) is 7.74. The fraction of sp³-hybridized carbons (Fsp3) is 0.571. The number of nitrogens with one attached hydrogen (secondary N) is 1. The first-order valence-corrected chi connectivity index (χ1v) is 6.20. The van der Waals surface area contributed by atoms with Crippen LogP contribution in [0.5, 0.6) is 0 Å². The Kier molecular flexibility index (Phi) is 3.97. The zero-order chi connectivity index (χ0) is 11.4. The minimum absolute atomic E-state index is 0.436.